The molecule has 0 spiro atoms. The van der Waals surface area contributed by atoms with Crippen LogP contribution in [-0.2, 0) is 13.1 Å². The van der Waals surface area contributed by atoms with Crippen molar-refractivity contribution in [2.45, 2.75) is 13.1 Å². The Labute approximate surface area is 145 Å². The first kappa shape index (κ1) is 16.6. The van der Waals surface area contributed by atoms with Gasteiger partial charge < -0.3 is 9.52 Å². The molecule has 0 bridgehead atoms. The summed E-state index contributed by atoms with van der Waals surface area (Å²) in [4.78, 5) is 2.05. The van der Waals surface area contributed by atoms with Gasteiger partial charge in [-0.1, -0.05) is 54.1 Å². The zero-order valence-corrected chi connectivity index (χ0v) is 13.9. The first-order valence-electron chi connectivity index (χ1n) is 7.70. The molecule has 24 heavy (non-hydrogen) atoms. The van der Waals surface area contributed by atoms with E-state index >= 15 is 0 Å². The van der Waals surface area contributed by atoms with Crippen molar-refractivity contribution in [2.75, 3.05) is 13.2 Å². The molecular weight excluding hydrogens is 326 g/mol. The van der Waals surface area contributed by atoms with Gasteiger partial charge in [-0.25, -0.2) is 0 Å². The number of hydrogen-bond acceptors (Lipinski definition) is 5. The average molecular weight is 344 g/mol. The number of aliphatic hydroxyl groups excluding tert-OH is 1. The van der Waals surface area contributed by atoms with Gasteiger partial charge in [0.25, 0.3) is 0 Å². The molecule has 0 aliphatic rings. The molecule has 0 aliphatic carbocycles. The van der Waals surface area contributed by atoms with E-state index in [1.54, 1.807) is 6.07 Å². The van der Waals surface area contributed by atoms with Crippen LogP contribution in [0.3, 0.4) is 0 Å². The number of rotatable bonds is 7. The van der Waals surface area contributed by atoms with Gasteiger partial charge in [-0.3, -0.25) is 4.90 Å². The molecule has 3 aromatic rings. The van der Waals surface area contributed by atoms with Gasteiger partial charge in [-0.15, -0.1) is 10.2 Å². The molecule has 6 heteroatoms. The SMILES string of the molecule is OCCN(Cc1ccccc1)Cc1nnc(-c2ccccc2Cl)o1. The predicted octanol–water partition coefficient (Wildman–Crippen LogP) is 3.38. The maximum atomic E-state index is 9.29. The van der Waals surface area contributed by atoms with Crippen LogP contribution in [0.2, 0.25) is 5.02 Å². The average Bonchev–Trinajstić information content (AvgIpc) is 3.05. The Hall–Kier alpha value is -2.21. The summed E-state index contributed by atoms with van der Waals surface area (Å²) in [5.41, 5.74) is 1.88. The highest BCUT2D eigenvalue weighted by Gasteiger charge is 2.14. The Morgan fingerprint density at radius 1 is 0.958 bits per heavy atom. The van der Waals surface area contributed by atoms with Crippen LogP contribution < -0.4 is 0 Å². The van der Waals surface area contributed by atoms with Crippen LogP contribution >= 0.6 is 11.6 Å². The standard InChI is InChI=1S/C18H18ClN3O2/c19-16-9-5-4-8-15(16)18-21-20-17(24-18)13-22(10-11-23)12-14-6-2-1-3-7-14/h1-9,23H,10-13H2. The Balaban J connectivity index is 1.73. The monoisotopic (exact) mass is 343 g/mol. The number of nitrogens with zero attached hydrogens (tertiary/aromatic N) is 3. The van der Waals surface area contributed by atoms with E-state index in [9.17, 15) is 5.11 Å². The molecule has 0 saturated heterocycles. The van der Waals surface area contributed by atoms with Gasteiger partial charge in [0.1, 0.15) is 0 Å². The molecule has 1 N–H and O–H groups in total. The van der Waals surface area contributed by atoms with Crippen molar-refractivity contribution in [2.24, 2.45) is 0 Å². The normalized spacial score (nSPS) is 11.1. The van der Waals surface area contributed by atoms with Crippen molar-refractivity contribution in [3.8, 4) is 11.5 Å². The summed E-state index contributed by atoms with van der Waals surface area (Å²) in [5.74, 6) is 0.897. The van der Waals surface area contributed by atoms with Crippen LogP contribution in [-0.4, -0.2) is 33.4 Å². The topological polar surface area (TPSA) is 62.4 Å². The molecule has 0 saturated carbocycles. The van der Waals surface area contributed by atoms with Crippen molar-refractivity contribution in [1.82, 2.24) is 15.1 Å². The molecule has 0 unspecified atom stereocenters. The second kappa shape index (κ2) is 8.06. The van der Waals surface area contributed by atoms with Crippen LogP contribution in [0.1, 0.15) is 11.5 Å². The summed E-state index contributed by atoms with van der Waals surface area (Å²) in [6.45, 7) is 1.76. The predicted molar refractivity (Wildman–Crippen MR) is 92.4 cm³/mol. The molecule has 5 nitrogen and oxygen atoms in total. The van der Waals surface area contributed by atoms with Gasteiger partial charge in [0, 0.05) is 13.1 Å². The second-order valence-electron chi connectivity index (χ2n) is 5.40. The van der Waals surface area contributed by atoms with E-state index in [0.717, 1.165) is 11.1 Å². The van der Waals surface area contributed by atoms with E-state index in [4.69, 9.17) is 16.0 Å². The smallest absolute Gasteiger partial charge is 0.249 e. The lowest BCUT2D eigenvalue weighted by atomic mass is 10.2. The van der Waals surface area contributed by atoms with Crippen LogP contribution in [0.4, 0.5) is 0 Å². The third kappa shape index (κ3) is 4.20. The number of aliphatic hydroxyl groups is 1. The van der Waals surface area contributed by atoms with Crippen LogP contribution in [0.15, 0.2) is 59.0 Å². The summed E-state index contributed by atoms with van der Waals surface area (Å²) >= 11 is 6.16. The van der Waals surface area contributed by atoms with Crippen molar-refractivity contribution in [3.05, 3.63) is 71.1 Å². The van der Waals surface area contributed by atoms with Crippen molar-refractivity contribution >= 4 is 11.6 Å². The highest BCUT2D eigenvalue weighted by atomic mass is 35.5. The van der Waals surface area contributed by atoms with E-state index in [0.29, 0.717) is 36.4 Å². The number of halogens is 1. The van der Waals surface area contributed by atoms with E-state index in [2.05, 4.69) is 15.1 Å². The molecule has 3 rings (SSSR count). The fourth-order valence-corrected chi connectivity index (χ4v) is 2.67. The van der Waals surface area contributed by atoms with E-state index in [1.165, 1.54) is 0 Å². The summed E-state index contributed by atoms with van der Waals surface area (Å²) in [5, 5.41) is 18.0. The molecule has 0 amide bonds. The lowest BCUT2D eigenvalue weighted by molar-refractivity contribution is 0.173. The Kier molecular flexibility index (Phi) is 5.59. The van der Waals surface area contributed by atoms with Gasteiger partial charge in [0.05, 0.1) is 23.7 Å². The second-order valence-corrected chi connectivity index (χ2v) is 5.81. The summed E-state index contributed by atoms with van der Waals surface area (Å²) < 4.78 is 5.74. The van der Waals surface area contributed by atoms with Gasteiger partial charge in [0.15, 0.2) is 0 Å². The van der Waals surface area contributed by atoms with Gasteiger partial charge in [0.2, 0.25) is 11.8 Å². The molecule has 1 heterocycles. The van der Waals surface area contributed by atoms with E-state index in [1.807, 2.05) is 48.5 Å². The summed E-state index contributed by atoms with van der Waals surface area (Å²) in [6, 6.07) is 17.4. The molecule has 0 fully saturated rings. The fourth-order valence-electron chi connectivity index (χ4n) is 2.45. The van der Waals surface area contributed by atoms with Crippen molar-refractivity contribution < 1.29 is 9.52 Å². The van der Waals surface area contributed by atoms with E-state index in [-0.39, 0.29) is 6.61 Å². The molecular formula is C18H18ClN3O2. The minimum Gasteiger partial charge on any atom is -0.419 e. The quantitative estimate of drug-likeness (QED) is 0.712. The molecule has 124 valence electrons. The number of benzene rings is 2. The Morgan fingerprint density at radius 3 is 2.46 bits per heavy atom. The highest BCUT2D eigenvalue weighted by molar-refractivity contribution is 6.33. The number of hydrogen-bond donors (Lipinski definition) is 1. The van der Waals surface area contributed by atoms with Gasteiger partial charge in [-0.2, -0.15) is 0 Å². The Bertz CT molecular complexity index is 777. The van der Waals surface area contributed by atoms with Gasteiger partial charge >= 0.3 is 0 Å². The zero-order chi connectivity index (χ0) is 16.8. The molecule has 0 radical (unpaired) electrons. The lowest BCUT2D eigenvalue weighted by Gasteiger charge is -2.19. The largest absolute Gasteiger partial charge is 0.419 e. The maximum Gasteiger partial charge on any atom is 0.249 e. The molecule has 2 aromatic carbocycles. The first-order chi connectivity index (χ1) is 11.8. The van der Waals surface area contributed by atoms with E-state index < -0.39 is 0 Å². The number of aromatic nitrogens is 2. The Morgan fingerprint density at radius 2 is 1.71 bits per heavy atom. The minimum absolute atomic E-state index is 0.0678. The molecule has 0 aliphatic heterocycles. The van der Waals surface area contributed by atoms with Crippen LogP contribution in [0.5, 0.6) is 0 Å². The summed E-state index contributed by atoms with van der Waals surface area (Å²) in [7, 11) is 0. The minimum atomic E-state index is 0.0678. The van der Waals surface area contributed by atoms with Crippen LogP contribution in [0.25, 0.3) is 11.5 Å². The third-order valence-corrected chi connectivity index (χ3v) is 3.92. The van der Waals surface area contributed by atoms with Crippen LogP contribution in [0, 0.1) is 0 Å². The van der Waals surface area contributed by atoms with Crippen molar-refractivity contribution in [1.29, 1.82) is 0 Å². The maximum absolute atomic E-state index is 9.29. The first-order valence-corrected chi connectivity index (χ1v) is 8.08. The fraction of sp³-hybridized carbons (Fsp3) is 0.222. The summed E-state index contributed by atoms with van der Waals surface area (Å²) in [6.07, 6.45) is 0. The molecule has 1 aromatic heterocycles. The zero-order valence-electron chi connectivity index (χ0n) is 13.1. The third-order valence-electron chi connectivity index (χ3n) is 3.60. The lowest BCUT2D eigenvalue weighted by Crippen LogP contribution is -2.26. The highest BCUT2D eigenvalue weighted by Crippen LogP contribution is 2.26. The van der Waals surface area contributed by atoms with Gasteiger partial charge in [-0.05, 0) is 17.7 Å². The molecule has 0 atom stereocenters. The van der Waals surface area contributed by atoms with Crippen molar-refractivity contribution in [3.63, 3.8) is 0 Å².